The van der Waals surface area contributed by atoms with E-state index in [1.807, 2.05) is 0 Å². The lowest BCUT2D eigenvalue weighted by atomic mass is 10.1. The predicted molar refractivity (Wildman–Crippen MR) is 60.5 cm³/mol. The quantitative estimate of drug-likeness (QED) is 0.633. The van der Waals surface area contributed by atoms with E-state index in [-0.39, 0.29) is 0 Å². The van der Waals surface area contributed by atoms with Crippen molar-refractivity contribution in [2.45, 2.75) is 45.1 Å². The van der Waals surface area contributed by atoms with Crippen LogP contribution in [0.2, 0.25) is 0 Å². The summed E-state index contributed by atoms with van der Waals surface area (Å²) in [4.78, 5) is 0. The molecule has 14 heavy (non-hydrogen) atoms. The highest BCUT2D eigenvalue weighted by atomic mass is 16.5. The zero-order chi connectivity index (χ0) is 10.2. The molecule has 1 atom stereocenters. The Kier molecular flexibility index (Phi) is 5.88. The van der Waals surface area contributed by atoms with Crippen molar-refractivity contribution in [3.8, 4) is 0 Å². The monoisotopic (exact) mass is 197 g/mol. The third kappa shape index (κ3) is 4.77. The minimum atomic E-state index is 0.581. The molecule has 0 bridgehead atoms. The molecule has 0 fully saturated rings. The van der Waals surface area contributed by atoms with Gasteiger partial charge in [0.25, 0.3) is 0 Å². The van der Waals surface area contributed by atoms with Gasteiger partial charge in [-0.25, -0.2) is 0 Å². The van der Waals surface area contributed by atoms with Crippen molar-refractivity contribution in [1.29, 1.82) is 0 Å². The standard InChI is InChI=1S/C12H23NO/c1-11(8-10-14-2)13-9-7-12-5-3-4-6-12/h5,11,13H,3-4,6-10H2,1-2H3. The number of nitrogens with one attached hydrogen (secondary N) is 1. The van der Waals surface area contributed by atoms with Crippen LogP contribution in [-0.4, -0.2) is 26.3 Å². The summed E-state index contributed by atoms with van der Waals surface area (Å²) in [7, 11) is 1.76. The first kappa shape index (κ1) is 11.7. The fraction of sp³-hybridized carbons (Fsp3) is 0.833. The average molecular weight is 197 g/mol. The lowest BCUT2D eigenvalue weighted by Crippen LogP contribution is -2.28. The Labute approximate surface area is 87.7 Å². The maximum absolute atomic E-state index is 5.04. The molecule has 1 aliphatic carbocycles. The molecule has 0 aliphatic heterocycles. The molecule has 2 heteroatoms. The minimum absolute atomic E-state index is 0.581. The maximum atomic E-state index is 5.04. The molecule has 0 aromatic heterocycles. The van der Waals surface area contributed by atoms with Gasteiger partial charge in [0.1, 0.15) is 0 Å². The van der Waals surface area contributed by atoms with Crippen LogP contribution in [0.4, 0.5) is 0 Å². The van der Waals surface area contributed by atoms with Crippen molar-refractivity contribution in [1.82, 2.24) is 5.32 Å². The van der Waals surface area contributed by atoms with Gasteiger partial charge in [-0.05, 0) is 45.6 Å². The van der Waals surface area contributed by atoms with E-state index in [2.05, 4.69) is 18.3 Å². The van der Waals surface area contributed by atoms with Crippen molar-refractivity contribution in [2.75, 3.05) is 20.3 Å². The Morgan fingerprint density at radius 3 is 3.07 bits per heavy atom. The van der Waals surface area contributed by atoms with Crippen LogP contribution >= 0.6 is 0 Å². The Balaban J connectivity index is 1.97. The summed E-state index contributed by atoms with van der Waals surface area (Å²) in [5, 5.41) is 3.52. The third-order valence-corrected chi connectivity index (χ3v) is 2.83. The van der Waals surface area contributed by atoms with Crippen LogP contribution in [0.1, 0.15) is 39.0 Å². The minimum Gasteiger partial charge on any atom is -0.385 e. The molecular weight excluding hydrogens is 174 g/mol. The molecule has 0 saturated carbocycles. The summed E-state index contributed by atoms with van der Waals surface area (Å²) in [5.74, 6) is 0. The van der Waals surface area contributed by atoms with Crippen molar-refractivity contribution >= 4 is 0 Å². The molecule has 0 saturated heterocycles. The van der Waals surface area contributed by atoms with Gasteiger partial charge in [-0.1, -0.05) is 11.6 Å². The fourth-order valence-corrected chi connectivity index (χ4v) is 1.84. The lowest BCUT2D eigenvalue weighted by molar-refractivity contribution is 0.185. The van der Waals surface area contributed by atoms with E-state index in [1.165, 1.54) is 25.7 Å². The summed E-state index contributed by atoms with van der Waals surface area (Å²) in [6.45, 7) is 4.20. The van der Waals surface area contributed by atoms with Gasteiger partial charge in [-0.15, -0.1) is 0 Å². The number of hydrogen-bond donors (Lipinski definition) is 1. The van der Waals surface area contributed by atoms with Gasteiger partial charge in [-0.3, -0.25) is 0 Å². The second-order valence-corrected chi connectivity index (χ2v) is 4.14. The van der Waals surface area contributed by atoms with E-state index in [4.69, 9.17) is 4.74 Å². The SMILES string of the molecule is COCCC(C)NCCC1=CCCC1. The predicted octanol–water partition coefficient (Wildman–Crippen LogP) is 2.50. The molecule has 1 aliphatic rings. The largest absolute Gasteiger partial charge is 0.385 e. The topological polar surface area (TPSA) is 21.3 Å². The summed E-state index contributed by atoms with van der Waals surface area (Å²) in [5.41, 5.74) is 1.65. The zero-order valence-electron chi connectivity index (χ0n) is 9.51. The maximum Gasteiger partial charge on any atom is 0.0476 e. The van der Waals surface area contributed by atoms with E-state index < -0.39 is 0 Å². The second-order valence-electron chi connectivity index (χ2n) is 4.14. The van der Waals surface area contributed by atoms with E-state index in [1.54, 1.807) is 12.7 Å². The Bertz CT molecular complexity index is 177. The van der Waals surface area contributed by atoms with E-state index in [0.29, 0.717) is 6.04 Å². The van der Waals surface area contributed by atoms with Crippen LogP contribution < -0.4 is 5.32 Å². The molecule has 82 valence electrons. The van der Waals surface area contributed by atoms with Crippen molar-refractivity contribution in [2.24, 2.45) is 0 Å². The van der Waals surface area contributed by atoms with E-state index >= 15 is 0 Å². The van der Waals surface area contributed by atoms with Gasteiger partial charge in [0, 0.05) is 19.8 Å². The molecule has 1 N–H and O–H groups in total. The highest BCUT2D eigenvalue weighted by Crippen LogP contribution is 2.19. The molecule has 0 amide bonds. The van der Waals surface area contributed by atoms with Crippen LogP contribution in [0.5, 0.6) is 0 Å². The van der Waals surface area contributed by atoms with Crippen LogP contribution in [0.25, 0.3) is 0 Å². The number of hydrogen-bond acceptors (Lipinski definition) is 2. The highest BCUT2D eigenvalue weighted by molar-refractivity contribution is 5.07. The summed E-state index contributed by atoms with van der Waals surface area (Å²) >= 11 is 0. The van der Waals surface area contributed by atoms with Crippen LogP contribution in [-0.2, 0) is 4.74 Å². The number of rotatable bonds is 7. The Hall–Kier alpha value is -0.340. The van der Waals surface area contributed by atoms with Crippen molar-refractivity contribution in [3.05, 3.63) is 11.6 Å². The van der Waals surface area contributed by atoms with Crippen molar-refractivity contribution < 1.29 is 4.74 Å². The van der Waals surface area contributed by atoms with Gasteiger partial charge >= 0.3 is 0 Å². The first-order chi connectivity index (χ1) is 6.83. The van der Waals surface area contributed by atoms with E-state index in [0.717, 1.165) is 19.6 Å². The first-order valence-electron chi connectivity index (χ1n) is 5.73. The molecule has 2 nitrogen and oxygen atoms in total. The molecule has 0 aromatic carbocycles. The second kappa shape index (κ2) is 7.02. The Morgan fingerprint density at radius 1 is 1.57 bits per heavy atom. The van der Waals surface area contributed by atoms with Crippen LogP contribution in [0.3, 0.4) is 0 Å². The van der Waals surface area contributed by atoms with Gasteiger partial charge in [0.2, 0.25) is 0 Å². The molecule has 0 heterocycles. The molecule has 1 unspecified atom stereocenters. The molecule has 0 aromatic rings. The number of methoxy groups -OCH3 is 1. The summed E-state index contributed by atoms with van der Waals surface area (Å²) in [6, 6.07) is 0.581. The van der Waals surface area contributed by atoms with Crippen LogP contribution in [0.15, 0.2) is 11.6 Å². The first-order valence-corrected chi connectivity index (χ1v) is 5.73. The number of ether oxygens (including phenoxy) is 1. The van der Waals surface area contributed by atoms with Gasteiger partial charge < -0.3 is 10.1 Å². The zero-order valence-corrected chi connectivity index (χ0v) is 9.51. The molecule has 0 spiro atoms. The lowest BCUT2D eigenvalue weighted by Gasteiger charge is -2.13. The molecule has 0 radical (unpaired) electrons. The Morgan fingerprint density at radius 2 is 2.43 bits per heavy atom. The van der Waals surface area contributed by atoms with Gasteiger partial charge in [0.15, 0.2) is 0 Å². The average Bonchev–Trinajstić information content (AvgIpc) is 2.67. The summed E-state index contributed by atoms with van der Waals surface area (Å²) < 4.78 is 5.04. The fourth-order valence-electron chi connectivity index (χ4n) is 1.84. The van der Waals surface area contributed by atoms with Gasteiger partial charge in [-0.2, -0.15) is 0 Å². The molecule has 1 rings (SSSR count). The highest BCUT2D eigenvalue weighted by Gasteiger charge is 2.05. The molecular formula is C12H23NO. The third-order valence-electron chi connectivity index (χ3n) is 2.83. The van der Waals surface area contributed by atoms with Crippen LogP contribution in [0, 0.1) is 0 Å². The summed E-state index contributed by atoms with van der Waals surface area (Å²) in [6.07, 6.45) is 8.74. The number of allylic oxidation sites excluding steroid dienone is 1. The smallest absolute Gasteiger partial charge is 0.0476 e. The van der Waals surface area contributed by atoms with E-state index in [9.17, 15) is 0 Å². The normalized spacial score (nSPS) is 18.3. The van der Waals surface area contributed by atoms with Gasteiger partial charge in [0.05, 0.1) is 0 Å². The van der Waals surface area contributed by atoms with Crippen molar-refractivity contribution in [3.63, 3.8) is 0 Å².